The Morgan fingerprint density at radius 2 is 1.84 bits per heavy atom. The Hall–Kier alpha value is -1.39. The lowest BCUT2D eigenvalue weighted by atomic mass is 10.1. The first-order valence-electron chi connectivity index (χ1n) is 6.13. The van der Waals surface area contributed by atoms with Crippen LogP contribution < -0.4 is 10.5 Å². The molecule has 1 atom stereocenters. The maximum Gasteiger partial charge on any atom is 0.219 e. The Labute approximate surface area is 121 Å². The number of halogens is 1. The van der Waals surface area contributed by atoms with Crippen molar-refractivity contribution in [3.8, 4) is 11.6 Å². The van der Waals surface area contributed by atoms with Crippen molar-refractivity contribution in [2.75, 3.05) is 0 Å². The Bertz CT molecular complexity index is 573. The second-order valence-corrected chi connectivity index (χ2v) is 5.48. The van der Waals surface area contributed by atoms with Gasteiger partial charge in [-0.3, -0.25) is 0 Å². The number of pyridine rings is 1. The fraction of sp³-hybridized carbons (Fsp3) is 0.267. The summed E-state index contributed by atoms with van der Waals surface area (Å²) in [6.45, 7) is 6.01. The molecule has 0 radical (unpaired) electrons. The number of nitrogens with two attached hydrogens (primary N) is 1. The summed E-state index contributed by atoms with van der Waals surface area (Å²) in [4.78, 5) is 4.21. The van der Waals surface area contributed by atoms with Crippen molar-refractivity contribution in [1.29, 1.82) is 0 Å². The molecule has 0 unspecified atom stereocenters. The summed E-state index contributed by atoms with van der Waals surface area (Å²) in [7, 11) is 0. The Morgan fingerprint density at radius 3 is 2.42 bits per heavy atom. The van der Waals surface area contributed by atoms with E-state index in [0.29, 0.717) is 5.88 Å². The maximum absolute atomic E-state index is 5.85. The molecular weight excluding hydrogens is 304 g/mol. The lowest BCUT2D eigenvalue weighted by Crippen LogP contribution is -2.05. The minimum absolute atomic E-state index is 0.0289. The number of hydrogen-bond donors (Lipinski definition) is 1. The van der Waals surface area contributed by atoms with Crippen LogP contribution in [0.25, 0.3) is 0 Å². The number of aryl methyl sites for hydroxylation is 2. The largest absolute Gasteiger partial charge is 0.439 e. The topological polar surface area (TPSA) is 48.1 Å². The number of hydrogen-bond acceptors (Lipinski definition) is 3. The summed E-state index contributed by atoms with van der Waals surface area (Å²) in [5.41, 5.74) is 9.14. The molecule has 0 fully saturated rings. The van der Waals surface area contributed by atoms with Crippen LogP contribution in [0.5, 0.6) is 11.6 Å². The molecule has 2 N–H and O–H groups in total. The van der Waals surface area contributed by atoms with Crippen molar-refractivity contribution in [1.82, 2.24) is 4.98 Å². The molecule has 2 rings (SSSR count). The molecule has 0 aliphatic heterocycles. The van der Waals surface area contributed by atoms with Crippen molar-refractivity contribution < 1.29 is 4.74 Å². The minimum atomic E-state index is -0.0289. The molecule has 1 heterocycles. The van der Waals surface area contributed by atoms with Crippen LogP contribution in [0.4, 0.5) is 0 Å². The van der Waals surface area contributed by atoms with Crippen LogP contribution in [0.3, 0.4) is 0 Å². The molecule has 1 aromatic heterocycles. The molecule has 0 saturated heterocycles. The molecule has 3 nitrogen and oxygen atoms in total. The fourth-order valence-electron chi connectivity index (χ4n) is 1.85. The van der Waals surface area contributed by atoms with Crippen LogP contribution in [-0.2, 0) is 0 Å². The highest BCUT2D eigenvalue weighted by atomic mass is 79.9. The Kier molecular flexibility index (Phi) is 4.22. The summed E-state index contributed by atoms with van der Waals surface area (Å²) >= 11 is 3.54. The molecule has 4 heteroatoms. The molecule has 100 valence electrons. The molecule has 0 spiro atoms. The van der Waals surface area contributed by atoms with Crippen molar-refractivity contribution in [2.24, 2.45) is 5.73 Å². The van der Waals surface area contributed by atoms with Gasteiger partial charge in [0.1, 0.15) is 5.75 Å². The van der Waals surface area contributed by atoms with Crippen LogP contribution in [-0.4, -0.2) is 4.98 Å². The van der Waals surface area contributed by atoms with Crippen LogP contribution in [0, 0.1) is 13.8 Å². The van der Waals surface area contributed by atoms with Crippen molar-refractivity contribution in [2.45, 2.75) is 26.8 Å². The molecule has 1 aromatic carbocycles. The summed E-state index contributed by atoms with van der Waals surface area (Å²) in [6.07, 6.45) is 1.71. The molecule has 2 aromatic rings. The van der Waals surface area contributed by atoms with Crippen molar-refractivity contribution in [3.63, 3.8) is 0 Å². The quantitative estimate of drug-likeness (QED) is 0.918. The van der Waals surface area contributed by atoms with Gasteiger partial charge in [-0.25, -0.2) is 4.98 Å². The van der Waals surface area contributed by atoms with Crippen LogP contribution in [0.1, 0.15) is 29.7 Å². The highest BCUT2D eigenvalue weighted by molar-refractivity contribution is 9.10. The average Bonchev–Trinajstić information content (AvgIpc) is 2.36. The van der Waals surface area contributed by atoms with E-state index in [4.69, 9.17) is 10.5 Å². The van der Waals surface area contributed by atoms with Gasteiger partial charge in [0.15, 0.2) is 0 Å². The molecular formula is C15H17BrN2O. The number of rotatable bonds is 3. The standard InChI is InChI=1S/C15H17BrN2O/c1-9-6-13(7-10(2)15(9)16)19-14-8-12(11(3)17)4-5-18-14/h4-8,11H,17H2,1-3H3/t11-/m0/s1. The van der Waals surface area contributed by atoms with E-state index in [9.17, 15) is 0 Å². The van der Waals surface area contributed by atoms with Gasteiger partial charge >= 0.3 is 0 Å². The number of benzene rings is 1. The molecule has 0 aliphatic rings. The van der Waals surface area contributed by atoms with E-state index in [0.717, 1.165) is 26.9 Å². The van der Waals surface area contributed by atoms with E-state index < -0.39 is 0 Å². The second kappa shape index (κ2) is 5.72. The fourth-order valence-corrected chi connectivity index (χ4v) is 2.08. The van der Waals surface area contributed by atoms with E-state index in [1.165, 1.54) is 0 Å². The smallest absolute Gasteiger partial charge is 0.219 e. The Morgan fingerprint density at radius 1 is 1.21 bits per heavy atom. The van der Waals surface area contributed by atoms with E-state index in [2.05, 4.69) is 20.9 Å². The summed E-state index contributed by atoms with van der Waals surface area (Å²) in [6, 6.07) is 7.71. The number of nitrogens with zero attached hydrogens (tertiary/aromatic N) is 1. The molecule has 19 heavy (non-hydrogen) atoms. The maximum atomic E-state index is 5.85. The summed E-state index contributed by atoms with van der Waals surface area (Å²) in [5, 5.41) is 0. The van der Waals surface area contributed by atoms with Gasteiger partial charge in [0, 0.05) is 22.8 Å². The van der Waals surface area contributed by atoms with Gasteiger partial charge in [-0.05, 0) is 55.7 Å². The van der Waals surface area contributed by atoms with Gasteiger partial charge in [0.05, 0.1) is 0 Å². The lowest BCUT2D eigenvalue weighted by Gasteiger charge is -2.11. The average molecular weight is 321 g/mol. The zero-order valence-corrected chi connectivity index (χ0v) is 12.9. The van der Waals surface area contributed by atoms with Crippen LogP contribution >= 0.6 is 15.9 Å². The van der Waals surface area contributed by atoms with E-state index in [1.54, 1.807) is 6.20 Å². The Balaban J connectivity index is 2.28. The lowest BCUT2D eigenvalue weighted by molar-refractivity contribution is 0.460. The van der Waals surface area contributed by atoms with Crippen molar-refractivity contribution >= 4 is 15.9 Å². The van der Waals surface area contributed by atoms with Crippen LogP contribution in [0.2, 0.25) is 0 Å². The predicted molar refractivity (Wildman–Crippen MR) is 80.5 cm³/mol. The van der Waals surface area contributed by atoms with Gasteiger partial charge in [-0.2, -0.15) is 0 Å². The first-order valence-corrected chi connectivity index (χ1v) is 6.93. The zero-order chi connectivity index (χ0) is 14.0. The summed E-state index contributed by atoms with van der Waals surface area (Å²) < 4.78 is 6.91. The third-order valence-corrected chi connectivity index (χ3v) is 4.17. The highest BCUT2D eigenvalue weighted by Gasteiger charge is 2.06. The van der Waals surface area contributed by atoms with Gasteiger partial charge in [-0.1, -0.05) is 15.9 Å². The first-order chi connectivity index (χ1) is 8.97. The van der Waals surface area contributed by atoms with E-state index in [1.807, 2.05) is 45.0 Å². The minimum Gasteiger partial charge on any atom is -0.439 e. The second-order valence-electron chi connectivity index (χ2n) is 4.69. The third-order valence-electron chi connectivity index (χ3n) is 2.92. The molecule has 0 bridgehead atoms. The number of aromatic nitrogens is 1. The SMILES string of the molecule is Cc1cc(Oc2cc([C@H](C)N)ccn2)cc(C)c1Br. The molecule has 0 saturated carbocycles. The van der Waals surface area contributed by atoms with Gasteiger partial charge in [-0.15, -0.1) is 0 Å². The van der Waals surface area contributed by atoms with Gasteiger partial charge in [0.2, 0.25) is 5.88 Å². The molecule has 0 amide bonds. The van der Waals surface area contributed by atoms with E-state index in [-0.39, 0.29) is 6.04 Å². The van der Waals surface area contributed by atoms with Gasteiger partial charge in [0.25, 0.3) is 0 Å². The normalized spacial score (nSPS) is 12.3. The third kappa shape index (κ3) is 3.33. The van der Waals surface area contributed by atoms with Gasteiger partial charge < -0.3 is 10.5 Å². The van der Waals surface area contributed by atoms with E-state index >= 15 is 0 Å². The predicted octanol–water partition coefficient (Wildman–Crippen LogP) is 4.27. The molecule has 0 aliphatic carbocycles. The first kappa shape index (κ1) is 14.0. The number of ether oxygens (including phenoxy) is 1. The van der Waals surface area contributed by atoms with Crippen LogP contribution in [0.15, 0.2) is 34.9 Å². The highest BCUT2D eigenvalue weighted by Crippen LogP contribution is 2.29. The monoisotopic (exact) mass is 320 g/mol. The van der Waals surface area contributed by atoms with Crippen molar-refractivity contribution in [3.05, 3.63) is 51.6 Å². The summed E-state index contributed by atoms with van der Waals surface area (Å²) in [5.74, 6) is 1.35. The zero-order valence-electron chi connectivity index (χ0n) is 11.3.